The van der Waals surface area contributed by atoms with E-state index >= 15 is 0 Å². The molecule has 0 spiro atoms. The summed E-state index contributed by atoms with van der Waals surface area (Å²) < 4.78 is 0. The molecule has 1 aromatic rings. The number of aromatic amines is 1. The molecule has 56 valence electrons. The van der Waals surface area contributed by atoms with Crippen LogP contribution in [-0.2, 0) is 4.79 Å². The topological polar surface area (TPSA) is 45.8 Å². The largest absolute Gasteiger partial charge is 0.349 e. The minimum atomic E-state index is 0.167. The summed E-state index contributed by atoms with van der Waals surface area (Å²) >= 11 is 0. The molecule has 0 radical (unpaired) electrons. The third-order valence-corrected chi connectivity index (χ3v) is 0.635. The van der Waals surface area contributed by atoms with Gasteiger partial charge in [0, 0.05) is 12.4 Å². The second-order valence-corrected chi connectivity index (χ2v) is 2.08. The fraction of sp³-hybridized carbons (Fsp3) is 0.429. The molecule has 0 aliphatic carbocycles. The summed E-state index contributed by atoms with van der Waals surface area (Å²) in [6.07, 6.45) is 3.53. The van der Waals surface area contributed by atoms with Gasteiger partial charge in [-0.15, -0.1) is 0 Å². The maximum Gasteiger partial charge on any atom is 0.126 e. The standard InChI is InChI=1S/C4H6N2.C3H6O/c1-4-5-2-3-6-4;1-3(2)4/h2-3H,1H3,(H,5,6);1-2H3. The van der Waals surface area contributed by atoms with Crippen LogP contribution in [0, 0.1) is 6.92 Å². The molecule has 1 rings (SSSR count). The number of aromatic nitrogens is 2. The van der Waals surface area contributed by atoms with Crippen molar-refractivity contribution in [2.45, 2.75) is 20.8 Å². The van der Waals surface area contributed by atoms with E-state index in [-0.39, 0.29) is 5.78 Å². The van der Waals surface area contributed by atoms with E-state index in [4.69, 9.17) is 0 Å². The van der Waals surface area contributed by atoms with E-state index in [2.05, 4.69) is 9.97 Å². The Hall–Kier alpha value is -1.12. The van der Waals surface area contributed by atoms with Gasteiger partial charge in [0.1, 0.15) is 11.6 Å². The van der Waals surface area contributed by atoms with E-state index in [1.807, 2.05) is 6.92 Å². The summed E-state index contributed by atoms with van der Waals surface area (Å²) in [5.74, 6) is 1.13. The fourth-order valence-electron chi connectivity index (χ4n) is 0.344. The number of Topliss-reactive ketones (excluding diaryl/α,β-unsaturated/α-hetero) is 1. The zero-order chi connectivity index (χ0) is 7.98. The van der Waals surface area contributed by atoms with Crippen LogP contribution in [0.4, 0.5) is 0 Å². The summed E-state index contributed by atoms with van der Waals surface area (Å²) in [7, 11) is 0. The van der Waals surface area contributed by atoms with Crippen LogP contribution < -0.4 is 0 Å². The first-order chi connectivity index (χ1) is 4.63. The molecule has 0 aliphatic heterocycles. The molecule has 1 N–H and O–H groups in total. The van der Waals surface area contributed by atoms with Crippen LogP contribution in [0.1, 0.15) is 19.7 Å². The first-order valence-corrected chi connectivity index (χ1v) is 3.06. The van der Waals surface area contributed by atoms with Crippen molar-refractivity contribution >= 4 is 5.78 Å². The van der Waals surface area contributed by atoms with Crippen LogP contribution in [-0.4, -0.2) is 15.8 Å². The molecule has 0 aliphatic rings. The first-order valence-electron chi connectivity index (χ1n) is 3.06. The number of H-pyrrole nitrogens is 1. The predicted octanol–water partition coefficient (Wildman–Crippen LogP) is 1.31. The SMILES string of the molecule is CC(C)=O.Cc1ncc[nH]1. The molecule has 3 nitrogen and oxygen atoms in total. The van der Waals surface area contributed by atoms with Gasteiger partial charge in [-0.05, 0) is 20.8 Å². The third-order valence-electron chi connectivity index (χ3n) is 0.635. The average Bonchev–Trinajstić information content (AvgIpc) is 2.15. The lowest BCUT2D eigenvalue weighted by Gasteiger charge is -1.68. The van der Waals surface area contributed by atoms with Gasteiger partial charge in [-0.2, -0.15) is 0 Å². The number of hydrogen-bond donors (Lipinski definition) is 1. The summed E-state index contributed by atoms with van der Waals surface area (Å²) in [6, 6.07) is 0. The lowest BCUT2D eigenvalue weighted by Crippen LogP contribution is -1.69. The Bertz CT molecular complexity index is 175. The van der Waals surface area contributed by atoms with E-state index in [0.29, 0.717) is 0 Å². The molecule has 0 saturated carbocycles. The monoisotopic (exact) mass is 140 g/mol. The molecule has 0 aromatic carbocycles. The van der Waals surface area contributed by atoms with Crippen molar-refractivity contribution in [1.29, 1.82) is 0 Å². The number of carbonyl (C=O) groups is 1. The van der Waals surface area contributed by atoms with Crippen LogP contribution in [0.5, 0.6) is 0 Å². The minimum Gasteiger partial charge on any atom is -0.349 e. The Morgan fingerprint density at radius 3 is 2.20 bits per heavy atom. The highest BCUT2D eigenvalue weighted by Gasteiger charge is 1.73. The highest BCUT2D eigenvalue weighted by molar-refractivity contribution is 5.72. The predicted molar refractivity (Wildman–Crippen MR) is 39.7 cm³/mol. The second-order valence-electron chi connectivity index (χ2n) is 2.08. The van der Waals surface area contributed by atoms with Gasteiger partial charge in [-0.25, -0.2) is 4.98 Å². The lowest BCUT2D eigenvalue weighted by molar-refractivity contribution is -0.114. The Labute approximate surface area is 60.5 Å². The lowest BCUT2D eigenvalue weighted by atomic mass is 10.6. The summed E-state index contributed by atoms with van der Waals surface area (Å²) in [5, 5.41) is 0. The molecule has 3 heteroatoms. The fourth-order valence-corrected chi connectivity index (χ4v) is 0.344. The van der Waals surface area contributed by atoms with E-state index < -0.39 is 0 Å². The van der Waals surface area contributed by atoms with E-state index in [1.54, 1.807) is 12.4 Å². The maximum atomic E-state index is 9.44. The normalized spacial score (nSPS) is 7.90. The van der Waals surface area contributed by atoms with Gasteiger partial charge in [0.25, 0.3) is 0 Å². The molecule has 1 heterocycles. The van der Waals surface area contributed by atoms with Crippen LogP contribution in [0.15, 0.2) is 12.4 Å². The van der Waals surface area contributed by atoms with Crippen molar-refractivity contribution in [1.82, 2.24) is 9.97 Å². The number of hydrogen-bond acceptors (Lipinski definition) is 2. The maximum absolute atomic E-state index is 9.44. The molecule has 0 saturated heterocycles. The molecular weight excluding hydrogens is 128 g/mol. The van der Waals surface area contributed by atoms with Gasteiger partial charge in [0.05, 0.1) is 0 Å². The zero-order valence-corrected chi connectivity index (χ0v) is 6.51. The molecule has 0 bridgehead atoms. The van der Waals surface area contributed by atoms with E-state index in [0.717, 1.165) is 5.82 Å². The molecule has 1 aromatic heterocycles. The van der Waals surface area contributed by atoms with Crippen molar-refractivity contribution in [2.75, 3.05) is 0 Å². The van der Waals surface area contributed by atoms with Crippen molar-refractivity contribution in [3.05, 3.63) is 18.2 Å². The van der Waals surface area contributed by atoms with Crippen molar-refractivity contribution in [3.63, 3.8) is 0 Å². The molecule has 10 heavy (non-hydrogen) atoms. The summed E-state index contributed by atoms with van der Waals surface area (Å²) in [6.45, 7) is 4.97. The molecule has 0 fully saturated rings. The number of carbonyl (C=O) groups excluding carboxylic acids is 1. The minimum absolute atomic E-state index is 0.167. The number of ketones is 1. The Balaban J connectivity index is 0.000000180. The number of rotatable bonds is 0. The third kappa shape index (κ3) is 6.88. The summed E-state index contributed by atoms with van der Waals surface area (Å²) in [4.78, 5) is 16.2. The summed E-state index contributed by atoms with van der Waals surface area (Å²) in [5.41, 5.74) is 0. The zero-order valence-electron chi connectivity index (χ0n) is 6.51. The first kappa shape index (κ1) is 8.88. The van der Waals surface area contributed by atoms with E-state index in [9.17, 15) is 4.79 Å². The van der Waals surface area contributed by atoms with Crippen molar-refractivity contribution in [2.24, 2.45) is 0 Å². The molecule has 0 unspecified atom stereocenters. The Kier molecular flexibility index (Phi) is 4.20. The van der Waals surface area contributed by atoms with Crippen LogP contribution >= 0.6 is 0 Å². The van der Waals surface area contributed by atoms with Gasteiger partial charge >= 0.3 is 0 Å². The number of nitrogens with zero attached hydrogens (tertiary/aromatic N) is 1. The number of nitrogens with one attached hydrogen (secondary N) is 1. The smallest absolute Gasteiger partial charge is 0.126 e. The van der Waals surface area contributed by atoms with Gasteiger partial charge in [-0.3, -0.25) is 0 Å². The number of aryl methyl sites for hydroxylation is 1. The van der Waals surface area contributed by atoms with Gasteiger partial charge in [0.2, 0.25) is 0 Å². The average molecular weight is 140 g/mol. The van der Waals surface area contributed by atoms with E-state index in [1.165, 1.54) is 13.8 Å². The van der Waals surface area contributed by atoms with Crippen LogP contribution in [0.2, 0.25) is 0 Å². The molecular formula is C7H12N2O. The highest BCUT2D eigenvalue weighted by Crippen LogP contribution is 1.78. The van der Waals surface area contributed by atoms with Gasteiger partial charge < -0.3 is 9.78 Å². The Morgan fingerprint density at radius 1 is 1.60 bits per heavy atom. The molecule has 0 amide bonds. The quantitative estimate of drug-likeness (QED) is 0.590. The van der Waals surface area contributed by atoms with Gasteiger partial charge in [-0.1, -0.05) is 0 Å². The number of imidazole rings is 1. The van der Waals surface area contributed by atoms with Gasteiger partial charge in [0.15, 0.2) is 0 Å². The van der Waals surface area contributed by atoms with Crippen LogP contribution in [0.25, 0.3) is 0 Å². The highest BCUT2D eigenvalue weighted by atomic mass is 16.1. The molecule has 0 atom stereocenters. The second kappa shape index (κ2) is 4.73. The van der Waals surface area contributed by atoms with Crippen molar-refractivity contribution in [3.8, 4) is 0 Å². The van der Waals surface area contributed by atoms with Crippen LogP contribution in [0.3, 0.4) is 0 Å². The van der Waals surface area contributed by atoms with Crippen molar-refractivity contribution < 1.29 is 4.79 Å². The Morgan fingerprint density at radius 2 is 2.10 bits per heavy atom.